The molecule has 0 aliphatic carbocycles. The van der Waals surface area contributed by atoms with Crippen LogP contribution in [0.1, 0.15) is 5.56 Å². The zero-order chi connectivity index (χ0) is 17.3. The monoisotopic (exact) mass is 386 g/mol. The smallest absolute Gasteiger partial charge is 0.359 e. The fourth-order valence-electron chi connectivity index (χ4n) is 1.78. The van der Waals surface area contributed by atoms with Crippen LogP contribution in [0.2, 0.25) is 5.02 Å². The number of nitrogens with zero attached hydrogens (tertiary/aromatic N) is 2. The van der Waals surface area contributed by atoms with Crippen LogP contribution in [-0.2, 0) is 29.5 Å². The van der Waals surface area contributed by atoms with E-state index in [-0.39, 0.29) is 9.79 Å². The molecule has 0 radical (unpaired) electrons. The zero-order valence-electron chi connectivity index (χ0n) is 11.8. The third-order valence-corrected chi connectivity index (χ3v) is 8.85. The molecule has 1 unspecified atom stereocenters. The van der Waals surface area contributed by atoms with Crippen molar-refractivity contribution in [3.8, 4) is 0 Å². The van der Waals surface area contributed by atoms with Crippen LogP contribution in [0.15, 0.2) is 58.3 Å². The van der Waals surface area contributed by atoms with Gasteiger partial charge in [-0.3, -0.25) is 0 Å². The number of rotatable bonds is 2. The van der Waals surface area contributed by atoms with E-state index in [0.29, 0.717) is 5.02 Å². The van der Waals surface area contributed by atoms with Gasteiger partial charge in [-0.25, -0.2) is 12.6 Å². The van der Waals surface area contributed by atoms with Gasteiger partial charge in [0.2, 0.25) is 0 Å². The minimum Gasteiger partial charge on any atom is -0.359 e. The zero-order valence-corrected chi connectivity index (χ0v) is 15.0. The molecule has 120 valence electrons. The van der Waals surface area contributed by atoms with Crippen molar-refractivity contribution in [1.82, 2.24) is 0 Å². The summed E-state index contributed by atoms with van der Waals surface area (Å²) >= 11 is 10.7. The standard InChI is InChI=1S/C14H11ClN2O3S3/c1-10-2-6-12(7-3-10)22(18,19)14(17-16)23(20,21)13-8-4-11(15)5-9-13/h2-9H,1H3. The minimum atomic E-state index is -4.30. The first-order chi connectivity index (χ1) is 10.7. The molecule has 0 bridgehead atoms. The second kappa shape index (κ2) is 6.51. The molecule has 0 amide bonds. The Morgan fingerprint density at radius 2 is 1.48 bits per heavy atom. The van der Waals surface area contributed by atoms with E-state index < -0.39 is 22.7 Å². The molecule has 5 nitrogen and oxygen atoms in total. The lowest BCUT2D eigenvalue weighted by Crippen LogP contribution is -2.25. The molecule has 9 heteroatoms. The number of halogens is 1. The Kier molecular flexibility index (Phi) is 5.03. The summed E-state index contributed by atoms with van der Waals surface area (Å²) < 4.78 is 37.1. The highest BCUT2D eigenvalue weighted by Gasteiger charge is 2.40. The van der Waals surface area contributed by atoms with Crippen LogP contribution in [0.5, 0.6) is 0 Å². The van der Waals surface area contributed by atoms with Gasteiger partial charge in [0.05, 0.1) is 9.79 Å². The minimum absolute atomic E-state index is 0.0281. The lowest BCUT2D eigenvalue weighted by Gasteiger charge is -2.05. The number of sulfone groups is 1. The van der Waals surface area contributed by atoms with Crippen LogP contribution in [0, 0.1) is 6.92 Å². The Balaban J connectivity index is 2.61. The molecule has 0 N–H and O–H groups in total. The van der Waals surface area contributed by atoms with E-state index in [1.165, 1.54) is 36.4 Å². The predicted octanol–water partition coefficient (Wildman–Crippen LogP) is 2.81. The van der Waals surface area contributed by atoms with Crippen LogP contribution in [-0.4, -0.2) is 21.8 Å². The van der Waals surface area contributed by atoms with Crippen molar-refractivity contribution in [3.63, 3.8) is 0 Å². The summed E-state index contributed by atoms with van der Waals surface area (Å²) in [7, 11) is -7.99. The highest BCUT2D eigenvalue weighted by atomic mass is 35.5. The van der Waals surface area contributed by atoms with Gasteiger partial charge in [-0.05, 0) is 54.5 Å². The Bertz CT molecular complexity index is 913. The maximum Gasteiger partial charge on any atom is 0.479 e. The molecule has 0 heterocycles. The third-order valence-electron chi connectivity index (χ3n) is 3.00. The number of benzene rings is 2. The molecule has 0 aliphatic rings. The summed E-state index contributed by atoms with van der Waals surface area (Å²) in [5.41, 5.74) is 10.0. The summed E-state index contributed by atoms with van der Waals surface area (Å²) in [6.45, 7) is 1.79. The topological polar surface area (TPSA) is 87.6 Å². The van der Waals surface area contributed by atoms with E-state index >= 15 is 0 Å². The van der Waals surface area contributed by atoms with E-state index in [4.69, 9.17) is 28.3 Å². The number of hydrogen-bond acceptors (Lipinski definition) is 4. The Morgan fingerprint density at radius 1 is 1.00 bits per heavy atom. The van der Waals surface area contributed by atoms with Gasteiger partial charge in [0.1, 0.15) is 0 Å². The van der Waals surface area contributed by atoms with Gasteiger partial charge in [-0.1, -0.05) is 29.3 Å². The lowest BCUT2D eigenvalue weighted by atomic mass is 10.2. The molecule has 1 atom stereocenters. The van der Waals surface area contributed by atoms with Crippen molar-refractivity contribution in [2.75, 3.05) is 0 Å². The molecule has 0 saturated heterocycles. The fraction of sp³-hybridized carbons (Fsp3) is 0.0714. The van der Waals surface area contributed by atoms with Gasteiger partial charge in [-0.2, -0.15) is 0 Å². The maximum atomic E-state index is 12.8. The van der Waals surface area contributed by atoms with E-state index in [0.717, 1.165) is 5.56 Å². The first kappa shape index (κ1) is 17.8. The predicted molar refractivity (Wildman–Crippen MR) is 92.2 cm³/mol. The highest BCUT2D eigenvalue weighted by Crippen LogP contribution is 2.22. The highest BCUT2D eigenvalue weighted by molar-refractivity contribution is 8.50. The van der Waals surface area contributed by atoms with E-state index in [1.807, 2.05) is 0 Å². The van der Waals surface area contributed by atoms with Gasteiger partial charge in [-0.15, -0.1) is 4.79 Å². The normalized spacial score (nSPS) is 13.8. The first-order valence-electron chi connectivity index (χ1n) is 6.24. The van der Waals surface area contributed by atoms with E-state index in [1.54, 1.807) is 19.1 Å². The third kappa shape index (κ3) is 3.52. The van der Waals surface area contributed by atoms with Crippen LogP contribution >= 0.6 is 11.6 Å². The molecule has 0 aliphatic heterocycles. The van der Waals surface area contributed by atoms with Gasteiger partial charge in [0.15, 0.2) is 8.49 Å². The Hall–Kier alpha value is -1.57. The van der Waals surface area contributed by atoms with Crippen LogP contribution in [0.3, 0.4) is 0 Å². The van der Waals surface area contributed by atoms with Crippen molar-refractivity contribution < 1.29 is 17.4 Å². The van der Waals surface area contributed by atoms with Crippen molar-refractivity contribution in [2.24, 2.45) is 0 Å². The van der Waals surface area contributed by atoms with E-state index in [2.05, 4.69) is 4.79 Å². The molecular formula is C14H11ClN2O3S3. The average molecular weight is 387 g/mol. The van der Waals surface area contributed by atoms with Crippen LogP contribution in [0.25, 0.3) is 5.53 Å². The summed E-state index contributed by atoms with van der Waals surface area (Å²) in [6, 6.07) is 11.4. The van der Waals surface area contributed by atoms with Crippen molar-refractivity contribution in [3.05, 3.63) is 64.6 Å². The Morgan fingerprint density at radius 3 is 1.96 bits per heavy atom. The largest absolute Gasteiger partial charge is 0.479 e. The van der Waals surface area contributed by atoms with Gasteiger partial charge in [0, 0.05) is 5.02 Å². The second-order valence-corrected chi connectivity index (χ2v) is 10.5. The molecule has 2 aromatic rings. The summed E-state index contributed by atoms with van der Waals surface area (Å²) in [4.78, 5) is 2.62. The van der Waals surface area contributed by atoms with Crippen LogP contribution in [0.4, 0.5) is 0 Å². The quantitative estimate of drug-likeness (QED) is 0.343. The molecule has 2 aromatic carbocycles. The van der Waals surface area contributed by atoms with Crippen molar-refractivity contribution in [1.29, 1.82) is 0 Å². The lowest BCUT2D eigenvalue weighted by molar-refractivity contribution is 0.00418. The second-order valence-electron chi connectivity index (χ2n) is 4.64. The van der Waals surface area contributed by atoms with Crippen molar-refractivity contribution >= 4 is 45.5 Å². The Labute approximate surface area is 144 Å². The van der Waals surface area contributed by atoms with Gasteiger partial charge in [0.25, 0.3) is 9.84 Å². The molecule has 0 saturated carbocycles. The number of aryl methyl sites for hydroxylation is 1. The maximum absolute atomic E-state index is 12.8. The van der Waals surface area contributed by atoms with Gasteiger partial charge >= 0.3 is 4.38 Å². The summed E-state index contributed by atoms with van der Waals surface area (Å²) in [5, 5.41) is 0.378. The van der Waals surface area contributed by atoms with Crippen LogP contribution < -0.4 is 0 Å². The summed E-state index contributed by atoms with van der Waals surface area (Å²) in [5.74, 6) is 0. The molecule has 2 rings (SSSR count). The SMILES string of the molecule is Cc1ccc(S(=O)(=O)C(=[N+]=[N-])S(=O)(=S)c2ccc(Cl)cc2)cc1. The summed E-state index contributed by atoms with van der Waals surface area (Å²) in [6.07, 6.45) is 0. The molecule has 0 aromatic heterocycles. The first-order valence-corrected chi connectivity index (χ1v) is 10.6. The molecule has 23 heavy (non-hydrogen) atoms. The molecule has 0 fully saturated rings. The van der Waals surface area contributed by atoms with Gasteiger partial charge < -0.3 is 5.53 Å². The average Bonchev–Trinajstić information content (AvgIpc) is 2.48. The fourth-order valence-corrected chi connectivity index (χ4v) is 6.49. The molecule has 0 spiro atoms. The van der Waals surface area contributed by atoms with E-state index in [9.17, 15) is 12.6 Å². The number of hydrogen-bond donors (Lipinski definition) is 0. The molecular weight excluding hydrogens is 376 g/mol. The van der Waals surface area contributed by atoms with Crippen molar-refractivity contribution in [2.45, 2.75) is 16.7 Å².